The number of carbonyl (C=O) groups is 4. The van der Waals surface area contributed by atoms with Gasteiger partial charge in [-0.05, 0) is 6.92 Å². The molecule has 0 radical (unpaired) electrons. The number of rotatable bonds is 9. The summed E-state index contributed by atoms with van der Waals surface area (Å²) in [4.78, 5) is 56.9. The highest BCUT2D eigenvalue weighted by Crippen LogP contribution is 2.25. The molecule has 1 aromatic heterocycles. The molecule has 3 N–H and O–H groups in total. The van der Waals surface area contributed by atoms with E-state index in [4.69, 9.17) is 21.0 Å². The number of ether oxygens (including phenoxy) is 1. The molecule has 0 spiro atoms. The molecule has 1 saturated heterocycles. The third-order valence-electron chi connectivity index (χ3n) is 3.64. The van der Waals surface area contributed by atoms with Crippen molar-refractivity contribution in [3.05, 3.63) is 11.1 Å². The molecule has 3 amide bonds. The van der Waals surface area contributed by atoms with Crippen molar-refractivity contribution in [2.45, 2.75) is 19.0 Å². The summed E-state index contributed by atoms with van der Waals surface area (Å²) in [6, 6.07) is -3.48. The molecular formula is C14H16ClN5O9S2. The molecule has 170 valence electrons. The third kappa shape index (κ3) is 5.46. The molecule has 14 nitrogen and oxygen atoms in total. The molecule has 0 aliphatic carbocycles. The molecule has 0 bridgehead atoms. The van der Waals surface area contributed by atoms with Crippen LogP contribution in [-0.4, -0.2) is 83.3 Å². The summed E-state index contributed by atoms with van der Waals surface area (Å²) >= 11 is 6.35. The first-order valence-electron chi connectivity index (χ1n) is 8.26. The first-order valence-corrected chi connectivity index (χ1v) is 11.1. The number of aromatic nitrogens is 1. The molecule has 1 aliphatic rings. The smallest absolute Gasteiger partial charge is 0.363 e. The lowest BCUT2D eigenvalue weighted by Gasteiger charge is -2.41. The fourth-order valence-electron chi connectivity index (χ4n) is 2.35. The van der Waals surface area contributed by atoms with Crippen molar-refractivity contribution >= 4 is 67.8 Å². The fraction of sp³-hybridized carbons (Fsp3) is 0.429. The maximum absolute atomic E-state index is 12.7. The summed E-state index contributed by atoms with van der Waals surface area (Å²) in [5.41, 5.74) is -0.472. The highest BCUT2D eigenvalue weighted by Gasteiger charge is 2.58. The van der Waals surface area contributed by atoms with E-state index in [-0.39, 0.29) is 27.6 Å². The Morgan fingerprint density at radius 3 is 2.65 bits per heavy atom. The van der Waals surface area contributed by atoms with Gasteiger partial charge in [0.15, 0.2) is 16.9 Å². The van der Waals surface area contributed by atoms with Crippen LogP contribution in [0, 0.1) is 0 Å². The van der Waals surface area contributed by atoms with Crippen LogP contribution in [0.2, 0.25) is 0 Å². The van der Waals surface area contributed by atoms with Gasteiger partial charge in [0, 0.05) is 5.38 Å². The van der Waals surface area contributed by atoms with Gasteiger partial charge < -0.3 is 20.2 Å². The van der Waals surface area contributed by atoms with Gasteiger partial charge in [-0.15, -0.1) is 22.9 Å². The van der Waals surface area contributed by atoms with Crippen molar-refractivity contribution in [1.82, 2.24) is 14.6 Å². The number of hydrogen-bond acceptors (Lipinski definition) is 11. The molecule has 0 unspecified atom stereocenters. The monoisotopic (exact) mass is 497 g/mol. The Balaban J connectivity index is 2.27. The van der Waals surface area contributed by atoms with E-state index in [0.717, 1.165) is 18.4 Å². The average Bonchev–Trinajstić information content (AvgIpc) is 3.16. The lowest BCUT2D eigenvalue weighted by Crippen LogP contribution is -2.74. The van der Waals surface area contributed by atoms with Crippen LogP contribution in [0.15, 0.2) is 10.5 Å². The summed E-state index contributed by atoms with van der Waals surface area (Å²) in [5.74, 6) is -4.36. The van der Waals surface area contributed by atoms with Crippen LogP contribution in [0.1, 0.15) is 12.6 Å². The van der Waals surface area contributed by atoms with Crippen LogP contribution < -0.4 is 10.6 Å². The highest BCUT2D eigenvalue weighted by atomic mass is 35.5. The molecule has 17 heteroatoms. The number of β-lactam (4-membered cyclic amide) rings is 1. The number of alkyl halides is 1. The number of oxime groups is 1. The van der Waals surface area contributed by atoms with Gasteiger partial charge in [0.05, 0.1) is 7.11 Å². The van der Waals surface area contributed by atoms with E-state index in [9.17, 15) is 27.6 Å². The number of amides is 3. The van der Waals surface area contributed by atoms with Gasteiger partial charge in [0.25, 0.3) is 11.8 Å². The van der Waals surface area contributed by atoms with E-state index in [0.29, 0.717) is 0 Å². The second kappa shape index (κ2) is 9.99. The fourth-order valence-corrected chi connectivity index (χ4v) is 3.96. The maximum atomic E-state index is 12.7. The summed E-state index contributed by atoms with van der Waals surface area (Å²) in [7, 11) is -4.14. The minimum atomic E-state index is -5.07. The second-order valence-electron chi connectivity index (χ2n) is 5.61. The van der Waals surface area contributed by atoms with Crippen molar-refractivity contribution in [2.75, 3.05) is 24.9 Å². The standard InChI is InChI=1S/C14H16ClN5O9S2/c1-3-29-19-8(6-5-30-14(16-6)17-7(21)4-15)11(22)18-9-10(13(24)28-2)20(12(9)23)31(25,26)27/h5,9-10H,3-4H2,1-2H3,(H,18,22)(H,16,17,21)(H,25,26,27)/t9-,10-/m1/s1. The van der Waals surface area contributed by atoms with Crippen LogP contribution >= 0.6 is 22.9 Å². The Kier molecular flexibility index (Phi) is 7.88. The number of anilines is 1. The number of halogens is 1. The number of methoxy groups -OCH3 is 1. The Morgan fingerprint density at radius 1 is 1.42 bits per heavy atom. The summed E-state index contributed by atoms with van der Waals surface area (Å²) in [5, 5.41) is 9.59. The van der Waals surface area contributed by atoms with Crippen LogP contribution in [0.5, 0.6) is 0 Å². The number of hydrogen-bond donors (Lipinski definition) is 3. The first-order chi connectivity index (χ1) is 14.5. The minimum absolute atomic E-state index is 0.0474. The van der Waals surface area contributed by atoms with E-state index in [1.54, 1.807) is 6.92 Å². The lowest BCUT2D eigenvalue weighted by atomic mass is 9.98. The van der Waals surface area contributed by atoms with Gasteiger partial charge in [-0.1, -0.05) is 5.16 Å². The molecule has 0 saturated carbocycles. The van der Waals surface area contributed by atoms with E-state index < -0.39 is 51.8 Å². The SMILES string of the molecule is CCON=C(C(=O)N[C@H]1C(=O)N(S(=O)(=O)O)[C@H]1C(=O)OC)c1csc(NC(=O)CCl)n1. The normalized spacial score (nSPS) is 18.8. The van der Waals surface area contributed by atoms with Crippen LogP contribution in [0.25, 0.3) is 0 Å². The Morgan fingerprint density at radius 2 is 2.10 bits per heavy atom. The van der Waals surface area contributed by atoms with Gasteiger partial charge in [-0.3, -0.25) is 18.9 Å². The van der Waals surface area contributed by atoms with Gasteiger partial charge >= 0.3 is 16.3 Å². The zero-order valence-electron chi connectivity index (χ0n) is 15.9. The molecule has 2 atom stereocenters. The molecule has 2 rings (SSSR count). The van der Waals surface area contributed by atoms with Crippen LogP contribution in [0.3, 0.4) is 0 Å². The van der Waals surface area contributed by atoms with Gasteiger partial charge in [-0.25, -0.2) is 9.78 Å². The molecule has 1 fully saturated rings. The quantitative estimate of drug-likeness (QED) is 0.0924. The number of nitrogens with one attached hydrogen (secondary N) is 2. The van der Waals surface area contributed by atoms with Gasteiger partial charge in [-0.2, -0.15) is 12.7 Å². The number of nitrogens with zero attached hydrogens (tertiary/aromatic N) is 3. The Hall–Kier alpha value is -2.82. The van der Waals surface area contributed by atoms with E-state index in [2.05, 4.69) is 25.5 Å². The molecular weight excluding hydrogens is 482 g/mol. The van der Waals surface area contributed by atoms with Crippen LogP contribution in [0.4, 0.5) is 5.13 Å². The predicted octanol–water partition coefficient (Wildman–Crippen LogP) is -1.27. The zero-order valence-corrected chi connectivity index (χ0v) is 18.3. The van der Waals surface area contributed by atoms with Crippen molar-refractivity contribution < 1.29 is 41.7 Å². The van der Waals surface area contributed by atoms with Gasteiger partial charge in [0.1, 0.15) is 24.2 Å². The highest BCUT2D eigenvalue weighted by molar-refractivity contribution is 7.84. The third-order valence-corrected chi connectivity index (χ3v) is 5.55. The Labute approximate surface area is 184 Å². The zero-order chi connectivity index (χ0) is 23.3. The molecule has 31 heavy (non-hydrogen) atoms. The first kappa shape index (κ1) is 24.4. The number of carbonyl (C=O) groups excluding carboxylic acids is 4. The van der Waals surface area contributed by atoms with Crippen LogP contribution in [-0.2, 0) is 39.1 Å². The van der Waals surface area contributed by atoms with Crippen molar-refractivity contribution in [1.29, 1.82) is 0 Å². The summed E-state index contributed by atoms with van der Waals surface area (Å²) in [6.07, 6.45) is 0. The largest absolute Gasteiger partial charge is 0.467 e. The minimum Gasteiger partial charge on any atom is -0.467 e. The second-order valence-corrected chi connectivity index (χ2v) is 8.02. The predicted molar refractivity (Wildman–Crippen MR) is 106 cm³/mol. The average molecular weight is 498 g/mol. The molecule has 0 aromatic carbocycles. The molecule has 1 aromatic rings. The van der Waals surface area contributed by atoms with E-state index >= 15 is 0 Å². The molecule has 2 heterocycles. The van der Waals surface area contributed by atoms with Gasteiger partial charge in [0.2, 0.25) is 5.91 Å². The number of thiazole rings is 1. The molecule has 1 aliphatic heterocycles. The maximum Gasteiger partial charge on any atom is 0.363 e. The Bertz CT molecular complexity index is 1030. The van der Waals surface area contributed by atoms with E-state index in [1.165, 1.54) is 5.38 Å². The van der Waals surface area contributed by atoms with Crippen molar-refractivity contribution in [3.63, 3.8) is 0 Å². The van der Waals surface area contributed by atoms with Crippen molar-refractivity contribution in [2.24, 2.45) is 5.16 Å². The summed E-state index contributed by atoms with van der Waals surface area (Å²) < 4.78 is 36.1. The number of esters is 1. The lowest BCUT2D eigenvalue weighted by molar-refractivity contribution is -0.162. The topological polar surface area (TPSA) is 194 Å². The van der Waals surface area contributed by atoms with Crippen molar-refractivity contribution in [3.8, 4) is 0 Å². The summed E-state index contributed by atoms with van der Waals surface area (Å²) in [6.45, 7) is 1.65. The van der Waals surface area contributed by atoms with E-state index in [1.807, 2.05) is 0 Å².